The summed E-state index contributed by atoms with van der Waals surface area (Å²) in [5.41, 5.74) is 9.77. The lowest BCUT2D eigenvalue weighted by atomic mass is 10.0. The summed E-state index contributed by atoms with van der Waals surface area (Å²) in [5, 5.41) is 7.13. The molecular weight excluding hydrogens is 202 g/mol. The van der Waals surface area contributed by atoms with Crippen molar-refractivity contribution in [1.29, 1.82) is 0 Å². The molecule has 1 aromatic heterocycles. The number of hydrogen-bond acceptors (Lipinski definition) is 3. The van der Waals surface area contributed by atoms with Gasteiger partial charge in [-0.3, -0.25) is 5.10 Å². The molecule has 1 heterocycles. The molecule has 0 unspecified atom stereocenters. The second kappa shape index (κ2) is 4.37. The van der Waals surface area contributed by atoms with Crippen LogP contribution in [-0.4, -0.2) is 17.3 Å². The summed E-state index contributed by atoms with van der Waals surface area (Å²) in [6.45, 7) is 2.43. The number of nitrogens with zero attached hydrogens (tertiary/aromatic N) is 1. The molecule has 2 aromatic rings. The Morgan fingerprint density at radius 3 is 2.56 bits per heavy atom. The van der Waals surface area contributed by atoms with Gasteiger partial charge in [-0.05, 0) is 24.6 Å². The predicted octanol–water partition coefficient (Wildman–Crippen LogP) is 1.85. The summed E-state index contributed by atoms with van der Waals surface area (Å²) in [6, 6.07) is 7.88. The Bertz CT molecular complexity index is 474. The van der Waals surface area contributed by atoms with Crippen molar-refractivity contribution in [3.63, 3.8) is 0 Å². The average Bonchev–Trinajstić information content (AvgIpc) is 2.70. The van der Waals surface area contributed by atoms with Crippen LogP contribution in [0, 0.1) is 6.92 Å². The van der Waals surface area contributed by atoms with Crippen molar-refractivity contribution in [3.05, 3.63) is 35.7 Å². The van der Waals surface area contributed by atoms with E-state index in [-0.39, 0.29) is 0 Å². The molecule has 4 heteroatoms. The van der Waals surface area contributed by atoms with E-state index < -0.39 is 0 Å². The van der Waals surface area contributed by atoms with Gasteiger partial charge in [-0.25, -0.2) is 0 Å². The number of H-pyrrole nitrogens is 1. The highest BCUT2D eigenvalue weighted by Crippen LogP contribution is 2.27. The zero-order valence-electron chi connectivity index (χ0n) is 9.45. The fourth-order valence-corrected chi connectivity index (χ4v) is 1.77. The molecule has 0 aliphatic heterocycles. The zero-order chi connectivity index (χ0) is 11.5. The molecule has 0 amide bonds. The number of rotatable bonds is 3. The largest absolute Gasteiger partial charge is 0.497 e. The highest BCUT2D eigenvalue weighted by Gasteiger charge is 2.10. The highest BCUT2D eigenvalue weighted by molar-refractivity contribution is 5.69. The van der Waals surface area contributed by atoms with Crippen LogP contribution in [0.25, 0.3) is 11.1 Å². The molecule has 3 N–H and O–H groups in total. The molecule has 2 rings (SSSR count). The van der Waals surface area contributed by atoms with Gasteiger partial charge < -0.3 is 10.5 Å². The third kappa shape index (κ3) is 1.79. The van der Waals surface area contributed by atoms with Gasteiger partial charge in [0.1, 0.15) is 5.75 Å². The van der Waals surface area contributed by atoms with Crippen molar-refractivity contribution < 1.29 is 4.74 Å². The van der Waals surface area contributed by atoms with Gasteiger partial charge >= 0.3 is 0 Å². The maximum Gasteiger partial charge on any atom is 0.118 e. The smallest absolute Gasteiger partial charge is 0.118 e. The minimum Gasteiger partial charge on any atom is -0.497 e. The molecule has 0 aliphatic carbocycles. The lowest BCUT2D eigenvalue weighted by molar-refractivity contribution is 0.415. The van der Waals surface area contributed by atoms with E-state index in [1.54, 1.807) is 7.11 Å². The number of hydrogen-bond donors (Lipinski definition) is 2. The molecule has 16 heavy (non-hydrogen) atoms. The van der Waals surface area contributed by atoms with Gasteiger partial charge in [-0.1, -0.05) is 12.1 Å². The van der Waals surface area contributed by atoms with Crippen molar-refractivity contribution in [2.45, 2.75) is 13.5 Å². The van der Waals surface area contributed by atoms with Crippen LogP contribution in [0.5, 0.6) is 5.75 Å². The Labute approximate surface area is 94.4 Å². The second-order valence-corrected chi connectivity index (χ2v) is 3.60. The fourth-order valence-electron chi connectivity index (χ4n) is 1.77. The van der Waals surface area contributed by atoms with Crippen LogP contribution in [-0.2, 0) is 6.54 Å². The summed E-state index contributed by atoms with van der Waals surface area (Å²) >= 11 is 0. The molecule has 0 saturated heterocycles. The number of methoxy groups -OCH3 is 1. The lowest BCUT2D eigenvalue weighted by Gasteiger charge is -2.04. The van der Waals surface area contributed by atoms with Crippen molar-refractivity contribution in [3.8, 4) is 16.9 Å². The van der Waals surface area contributed by atoms with Gasteiger partial charge in [-0.2, -0.15) is 5.10 Å². The first kappa shape index (κ1) is 10.7. The fraction of sp³-hybridized carbons (Fsp3) is 0.250. The maximum absolute atomic E-state index is 5.65. The third-order valence-corrected chi connectivity index (χ3v) is 2.59. The Balaban J connectivity index is 2.45. The van der Waals surface area contributed by atoms with E-state index in [1.807, 2.05) is 31.2 Å². The number of benzene rings is 1. The molecule has 0 atom stereocenters. The van der Waals surface area contributed by atoms with Crippen LogP contribution in [0.4, 0.5) is 0 Å². The van der Waals surface area contributed by atoms with E-state index in [2.05, 4.69) is 10.2 Å². The maximum atomic E-state index is 5.65. The minimum absolute atomic E-state index is 0.436. The van der Waals surface area contributed by atoms with Crippen LogP contribution in [0.3, 0.4) is 0 Å². The van der Waals surface area contributed by atoms with E-state index in [4.69, 9.17) is 10.5 Å². The van der Waals surface area contributed by atoms with Crippen molar-refractivity contribution in [2.24, 2.45) is 5.73 Å². The van der Waals surface area contributed by atoms with E-state index >= 15 is 0 Å². The molecule has 4 nitrogen and oxygen atoms in total. The number of nitrogens with one attached hydrogen (secondary N) is 1. The van der Waals surface area contributed by atoms with Gasteiger partial charge in [0.25, 0.3) is 0 Å². The van der Waals surface area contributed by atoms with Crippen LogP contribution >= 0.6 is 0 Å². The Morgan fingerprint density at radius 2 is 2.00 bits per heavy atom. The number of ether oxygens (including phenoxy) is 1. The lowest BCUT2D eigenvalue weighted by Crippen LogP contribution is -1.98. The third-order valence-electron chi connectivity index (χ3n) is 2.59. The van der Waals surface area contributed by atoms with Gasteiger partial charge in [0.15, 0.2) is 0 Å². The molecular formula is C12H15N3O. The number of aryl methyl sites for hydroxylation is 1. The number of aromatic amines is 1. The minimum atomic E-state index is 0.436. The quantitative estimate of drug-likeness (QED) is 0.824. The average molecular weight is 217 g/mol. The first-order valence-electron chi connectivity index (χ1n) is 5.14. The summed E-state index contributed by atoms with van der Waals surface area (Å²) in [6.07, 6.45) is 0. The first-order valence-corrected chi connectivity index (χ1v) is 5.14. The summed E-state index contributed by atoms with van der Waals surface area (Å²) in [5.74, 6) is 0.846. The van der Waals surface area contributed by atoms with Crippen LogP contribution < -0.4 is 10.5 Å². The number of nitrogens with two attached hydrogens (primary N) is 1. The number of aromatic nitrogens is 2. The molecule has 0 aliphatic rings. The monoisotopic (exact) mass is 217 g/mol. The van der Waals surface area contributed by atoms with Crippen LogP contribution in [0.2, 0.25) is 0 Å². The van der Waals surface area contributed by atoms with Crippen LogP contribution in [0.1, 0.15) is 11.4 Å². The normalized spacial score (nSPS) is 10.4. The Morgan fingerprint density at radius 1 is 1.31 bits per heavy atom. The second-order valence-electron chi connectivity index (χ2n) is 3.60. The Kier molecular flexibility index (Phi) is 2.92. The van der Waals surface area contributed by atoms with E-state index in [0.29, 0.717) is 6.54 Å². The topological polar surface area (TPSA) is 63.9 Å². The van der Waals surface area contributed by atoms with Crippen molar-refractivity contribution >= 4 is 0 Å². The molecule has 0 fully saturated rings. The molecule has 0 radical (unpaired) electrons. The van der Waals surface area contributed by atoms with Crippen LogP contribution in [0.15, 0.2) is 24.3 Å². The van der Waals surface area contributed by atoms with Gasteiger partial charge in [0.05, 0.1) is 12.8 Å². The highest BCUT2D eigenvalue weighted by atomic mass is 16.5. The summed E-state index contributed by atoms with van der Waals surface area (Å²) < 4.78 is 5.13. The SMILES string of the molecule is COc1ccc(-c2c(CN)n[nH]c2C)cc1. The standard InChI is InChI=1S/C12H15N3O/c1-8-12(11(7-13)15-14-8)9-3-5-10(16-2)6-4-9/h3-6H,7,13H2,1-2H3,(H,14,15). The van der Waals surface area contributed by atoms with Crippen molar-refractivity contribution in [1.82, 2.24) is 10.2 Å². The van der Waals surface area contributed by atoms with Gasteiger partial charge in [0, 0.05) is 17.8 Å². The molecule has 0 bridgehead atoms. The molecule has 0 spiro atoms. The predicted molar refractivity (Wildman–Crippen MR) is 63.2 cm³/mol. The zero-order valence-corrected chi connectivity index (χ0v) is 9.45. The summed E-state index contributed by atoms with van der Waals surface area (Å²) in [7, 11) is 1.66. The first-order chi connectivity index (χ1) is 7.76. The van der Waals surface area contributed by atoms with Gasteiger partial charge in [0.2, 0.25) is 0 Å². The van der Waals surface area contributed by atoms with Crippen molar-refractivity contribution in [2.75, 3.05) is 7.11 Å². The summed E-state index contributed by atoms with van der Waals surface area (Å²) in [4.78, 5) is 0. The molecule has 1 aromatic carbocycles. The van der Waals surface area contributed by atoms with Gasteiger partial charge in [-0.15, -0.1) is 0 Å². The Hall–Kier alpha value is -1.81. The molecule has 84 valence electrons. The van der Waals surface area contributed by atoms with E-state index in [9.17, 15) is 0 Å². The van der Waals surface area contributed by atoms with E-state index in [0.717, 1.165) is 28.3 Å². The van der Waals surface area contributed by atoms with E-state index in [1.165, 1.54) is 0 Å². The molecule has 0 saturated carbocycles.